The minimum Gasteiger partial charge on any atom is -0.326 e. The molecule has 1 heterocycles. The Hall–Kier alpha value is -2.17. The normalized spacial score (nSPS) is 11.5. The predicted octanol–water partition coefficient (Wildman–Crippen LogP) is 2.49. The van der Waals surface area contributed by atoms with Gasteiger partial charge in [-0.3, -0.25) is 4.79 Å². The van der Waals surface area contributed by atoms with Crippen molar-refractivity contribution in [3.63, 3.8) is 0 Å². The highest BCUT2D eigenvalue weighted by atomic mass is 32.2. The van der Waals surface area contributed by atoms with Crippen molar-refractivity contribution in [1.29, 1.82) is 0 Å². The van der Waals surface area contributed by atoms with Crippen molar-refractivity contribution in [2.45, 2.75) is 17.8 Å². The van der Waals surface area contributed by atoms with E-state index in [4.69, 9.17) is 0 Å². The summed E-state index contributed by atoms with van der Waals surface area (Å²) in [5.41, 5.74) is -1.54. The number of nitrogens with one attached hydrogen (secondary N) is 1. The van der Waals surface area contributed by atoms with Crippen molar-refractivity contribution in [2.75, 3.05) is 11.1 Å². The molecule has 0 spiro atoms. The largest absolute Gasteiger partial charge is 0.419 e. The average Bonchev–Trinajstić information content (AvgIpc) is 2.85. The minimum atomic E-state index is -4.82. The Morgan fingerprint density at radius 2 is 2.13 bits per heavy atom. The van der Waals surface area contributed by atoms with Crippen LogP contribution >= 0.6 is 11.8 Å². The molecule has 0 atom stereocenters. The molecule has 0 aliphatic heterocycles. The Kier molecular flexibility index (Phi) is 5.19. The van der Waals surface area contributed by atoms with Crippen LogP contribution in [0.3, 0.4) is 0 Å². The molecule has 0 aliphatic rings. The summed E-state index contributed by atoms with van der Waals surface area (Å²) >= 11 is 1.23. The predicted molar refractivity (Wildman–Crippen MR) is 74.2 cm³/mol. The zero-order valence-electron chi connectivity index (χ0n) is 11.8. The number of nitrogens with zero attached hydrogens (tertiary/aromatic N) is 4. The molecule has 2 rings (SSSR count). The highest BCUT2D eigenvalue weighted by Gasteiger charge is 2.34. The first-order valence-electron chi connectivity index (χ1n) is 6.29. The molecule has 1 amide bonds. The maximum atomic E-state index is 13.1. The van der Waals surface area contributed by atoms with Crippen molar-refractivity contribution < 1.29 is 22.4 Å². The quantitative estimate of drug-likeness (QED) is 0.663. The van der Waals surface area contributed by atoms with Gasteiger partial charge in [-0.25, -0.2) is 9.07 Å². The smallest absolute Gasteiger partial charge is 0.326 e. The summed E-state index contributed by atoms with van der Waals surface area (Å²) in [6, 6.07) is 2.30. The summed E-state index contributed by atoms with van der Waals surface area (Å²) in [6.45, 7) is 0. The van der Waals surface area contributed by atoms with Gasteiger partial charge in [-0.15, -0.1) is 5.10 Å². The summed E-state index contributed by atoms with van der Waals surface area (Å²) in [5.74, 6) is -1.54. The number of carbonyl (C=O) groups excluding carboxylic acids is 1. The Morgan fingerprint density at radius 3 is 2.74 bits per heavy atom. The fourth-order valence-corrected chi connectivity index (χ4v) is 2.41. The second kappa shape index (κ2) is 6.94. The number of alkyl halides is 3. The van der Waals surface area contributed by atoms with Gasteiger partial charge >= 0.3 is 6.18 Å². The molecule has 0 fully saturated rings. The number of rotatable bonds is 5. The topological polar surface area (TPSA) is 72.7 Å². The van der Waals surface area contributed by atoms with E-state index in [0.717, 1.165) is 6.07 Å². The lowest BCUT2D eigenvalue weighted by atomic mass is 10.2. The van der Waals surface area contributed by atoms with Gasteiger partial charge in [0.25, 0.3) is 0 Å². The van der Waals surface area contributed by atoms with Crippen molar-refractivity contribution in [1.82, 2.24) is 20.2 Å². The van der Waals surface area contributed by atoms with Gasteiger partial charge in [0.2, 0.25) is 11.1 Å². The van der Waals surface area contributed by atoms with Gasteiger partial charge in [-0.2, -0.15) is 13.2 Å². The van der Waals surface area contributed by atoms with Crippen molar-refractivity contribution >= 4 is 23.4 Å². The van der Waals surface area contributed by atoms with Crippen LogP contribution in [0.4, 0.5) is 23.2 Å². The molecule has 0 bridgehead atoms. The Bertz CT molecular complexity index is 703. The molecule has 1 aromatic carbocycles. The molecule has 11 heteroatoms. The Labute approximate surface area is 132 Å². The lowest BCUT2D eigenvalue weighted by Gasteiger charge is -2.11. The van der Waals surface area contributed by atoms with Crippen LogP contribution in [0.5, 0.6) is 0 Å². The van der Waals surface area contributed by atoms with Crippen molar-refractivity contribution in [3.8, 4) is 0 Å². The maximum Gasteiger partial charge on any atom is 0.419 e. The van der Waals surface area contributed by atoms with Crippen LogP contribution in [0.25, 0.3) is 0 Å². The van der Waals surface area contributed by atoms with Gasteiger partial charge in [0.05, 0.1) is 5.56 Å². The number of thioether (sulfide) groups is 1. The molecule has 1 aromatic heterocycles. The van der Waals surface area contributed by atoms with Crippen LogP contribution in [-0.2, 0) is 18.0 Å². The Balaban J connectivity index is 1.91. The lowest BCUT2D eigenvalue weighted by Crippen LogP contribution is -2.14. The highest BCUT2D eigenvalue weighted by molar-refractivity contribution is 7.99. The molecule has 6 nitrogen and oxygen atoms in total. The number of hydrogen-bond donors (Lipinski definition) is 1. The summed E-state index contributed by atoms with van der Waals surface area (Å²) < 4.78 is 52.3. The standard InChI is InChI=1S/C12H11F4N5OS/c1-21-11(18-19-20-21)23-5-4-10(22)17-7-2-3-9(13)8(6-7)12(14,15)16/h2-3,6H,4-5H2,1H3,(H,17,22). The van der Waals surface area contributed by atoms with E-state index in [1.807, 2.05) is 0 Å². The summed E-state index contributed by atoms with van der Waals surface area (Å²) in [4.78, 5) is 11.7. The fraction of sp³-hybridized carbons (Fsp3) is 0.333. The number of tetrazole rings is 1. The highest BCUT2D eigenvalue weighted by Crippen LogP contribution is 2.33. The average molecular weight is 349 g/mol. The molecule has 0 unspecified atom stereocenters. The third kappa shape index (κ3) is 4.65. The number of carbonyl (C=O) groups is 1. The van der Waals surface area contributed by atoms with E-state index >= 15 is 0 Å². The summed E-state index contributed by atoms with van der Waals surface area (Å²) in [6.07, 6.45) is -4.78. The monoisotopic (exact) mass is 349 g/mol. The van der Waals surface area contributed by atoms with E-state index in [0.29, 0.717) is 23.0 Å². The maximum absolute atomic E-state index is 13.1. The SMILES string of the molecule is Cn1nnnc1SCCC(=O)Nc1ccc(F)c(C(F)(F)F)c1. The van der Waals surface area contributed by atoms with E-state index in [1.165, 1.54) is 16.4 Å². The van der Waals surface area contributed by atoms with Gasteiger partial charge in [0, 0.05) is 24.9 Å². The number of aryl methyl sites for hydroxylation is 1. The van der Waals surface area contributed by atoms with E-state index in [-0.39, 0.29) is 12.1 Å². The van der Waals surface area contributed by atoms with Crippen LogP contribution in [0.1, 0.15) is 12.0 Å². The zero-order chi connectivity index (χ0) is 17.0. The second-order valence-corrected chi connectivity index (χ2v) is 5.49. The first-order chi connectivity index (χ1) is 10.8. The molecule has 0 radical (unpaired) electrons. The first-order valence-corrected chi connectivity index (χ1v) is 7.27. The number of amides is 1. The third-order valence-corrected chi connectivity index (χ3v) is 3.71. The van der Waals surface area contributed by atoms with E-state index in [1.54, 1.807) is 7.05 Å². The van der Waals surface area contributed by atoms with Crippen LogP contribution < -0.4 is 5.32 Å². The second-order valence-electron chi connectivity index (χ2n) is 4.42. The van der Waals surface area contributed by atoms with Gasteiger partial charge in [-0.05, 0) is 28.6 Å². The molecule has 2 aromatic rings. The van der Waals surface area contributed by atoms with Crippen molar-refractivity contribution in [2.24, 2.45) is 7.05 Å². The van der Waals surface area contributed by atoms with Crippen LogP contribution in [-0.4, -0.2) is 31.9 Å². The molecular formula is C12H11F4N5OS. The summed E-state index contributed by atoms with van der Waals surface area (Å²) in [7, 11) is 1.64. The molecule has 0 saturated heterocycles. The van der Waals surface area contributed by atoms with Crippen molar-refractivity contribution in [3.05, 3.63) is 29.6 Å². The third-order valence-electron chi connectivity index (χ3n) is 2.70. The lowest BCUT2D eigenvalue weighted by molar-refractivity contribution is -0.140. The van der Waals surface area contributed by atoms with Crippen LogP contribution in [0.2, 0.25) is 0 Å². The van der Waals surface area contributed by atoms with Crippen LogP contribution in [0, 0.1) is 5.82 Å². The number of anilines is 1. The summed E-state index contributed by atoms with van der Waals surface area (Å²) in [5, 5.41) is 13.6. The van der Waals surface area contributed by atoms with E-state index < -0.39 is 23.5 Å². The number of benzene rings is 1. The molecule has 124 valence electrons. The molecular weight excluding hydrogens is 338 g/mol. The molecule has 23 heavy (non-hydrogen) atoms. The number of hydrogen-bond acceptors (Lipinski definition) is 5. The van der Waals surface area contributed by atoms with E-state index in [9.17, 15) is 22.4 Å². The first kappa shape index (κ1) is 17.2. The van der Waals surface area contributed by atoms with Crippen LogP contribution in [0.15, 0.2) is 23.4 Å². The van der Waals surface area contributed by atoms with Gasteiger partial charge in [0.15, 0.2) is 0 Å². The molecule has 1 N–H and O–H groups in total. The van der Waals surface area contributed by atoms with Gasteiger partial charge in [-0.1, -0.05) is 11.8 Å². The minimum absolute atomic E-state index is 0.0380. The molecule has 0 aliphatic carbocycles. The number of halogens is 4. The number of aromatic nitrogens is 4. The van der Waals surface area contributed by atoms with E-state index in [2.05, 4.69) is 20.8 Å². The van der Waals surface area contributed by atoms with Gasteiger partial charge < -0.3 is 5.32 Å². The zero-order valence-corrected chi connectivity index (χ0v) is 12.6. The van der Waals surface area contributed by atoms with Gasteiger partial charge in [0.1, 0.15) is 5.82 Å². The molecule has 0 saturated carbocycles. The Morgan fingerprint density at radius 1 is 1.39 bits per heavy atom. The fourth-order valence-electron chi connectivity index (χ4n) is 1.62.